The van der Waals surface area contributed by atoms with Crippen LogP contribution >= 0.6 is 11.8 Å². The Labute approximate surface area is 172 Å². The Kier molecular flexibility index (Phi) is 5.73. The monoisotopic (exact) mass is 400 g/mol. The van der Waals surface area contributed by atoms with Crippen LogP contribution < -0.4 is 5.32 Å². The zero-order valence-electron chi connectivity index (χ0n) is 17.1. The van der Waals surface area contributed by atoms with Gasteiger partial charge < -0.3 is 10.2 Å². The van der Waals surface area contributed by atoms with E-state index in [-0.39, 0.29) is 11.8 Å². The van der Waals surface area contributed by atoms with Crippen molar-refractivity contribution < 1.29 is 9.59 Å². The Hall–Kier alpha value is -1.49. The number of hydrogen-bond acceptors (Lipinski definition) is 3. The van der Waals surface area contributed by atoms with Crippen LogP contribution in [0.25, 0.3) is 0 Å². The number of rotatable bonds is 7. The summed E-state index contributed by atoms with van der Waals surface area (Å²) in [4.78, 5) is 26.9. The average Bonchev–Trinajstić information content (AvgIpc) is 2.66. The number of hydrogen-bond donors (Lipinski definition) is 1. The SMILES string of the molecule is CCN(CC)C(=O)c1cccc(NC(=O)CSC23CC4CC(CC(C4)C2)C3)c1. The van der Waals surface area contributed by atoms with Crippen LogP contribution in [0.4, 0.5) is 5.69 Å². The van der Waals surface area contributed by atoms with Crippen LogP contribution in [-0.4, -0.2) is 40.3 Å². The Morgan fingerprint density at radius 2 is 1.68 bits per heavy atom. The Morgan fingerprint density at radius 1 is 1.07 bits per heavy atom. The van der Waals surface area contributed by atoms with Gasteiger partial charge in [0.05, 0.1) is 5.75 Å². The first-order valence-corrected chi connectivity index (χ1v) is 11.8. The van der Waals surface area contributed by atoms with Crippen molar-refractivity contribution in [2.24, 2.45) is 17.8 Å². The summed E-state index contributed by atoms with van der Waals surface area (Å²) in [5.41, 5.74) is 1.35. The van der Waals surface area contributed by atoms with Crippen LogP contribution in [0, 0.1) is 17.8 Å². The molecule has 1 aromatic rings. The zero-order valence-corrected chi connectivity index (χ0v) is 17.9. The van der Waals surface area contributed by atoms with E-state index >= 15 is 0 Å². The van der Waals surface area contributed by atoms with Crippen molar-refractivity contribution in [3.63, 3.8) is 0 Å². The fraction of sp³-hybridized carbons (Fsp3) is 0.652. The van der Waals surface area contributed by atoms with Crippen molar-refractivity contribution in [3.05, 3.63) is 29.8 Å². The van der Waals surface area contributed by atoms with Crippen LogP contribution in [0.2, 0.25) is 0 Å². The van der Waals surface area contributed by atoms with Crippen molar-refractivity contribution in [2.45, 2.75) is 57.1 Å². The van der Waals surface area contributed by atoms with E-state index < -0.39 is 0 Å². The van der Waals surface area contributed by atoms with Gasteiger partial charge in [-0.2, -0.15) is 0 Å². The first-order chi connectivity index (χ1) is 13.5. The molecule has 0 heterocycles. The Balaban J connectivity index is 1.34. The summed E-state index contributed by atoms with van der Waals surface area (Å²) < 4.78 is 0.354. The minimum atomic E-state index is 0.0176. The van der Waals surface area contributed by atoms with E-state index in [1.165, 1.54) is 38.5 Å². The number of thioether (sulfide) groups is 1. The molecule has 5 rings (SSSR count). The molecule has 0 unspecified atom stereocenters. The standard InChI is InChI=1S/C23H32N2O2S/c1-3-25(4-2)22(27)19-6-5-7-20(11-19)24-21(26)15-28-23-12-16-8-17(13-23)10-18(9-16)14-23/h5-7,11,16-18H,3-4,8-10,12-15H2,1-2H3,(H,24,26). The molecule has 4 bridgehead atoms. The molecule has 0 atom stereocenters. The van der Waals surface area contributed by atoms with Gasteiger partial charge in [0, 0.05) is 29.1 Å². The summed E-state index contributed by atoms with van der Waals surface area (Å²) in [6.45, 7) is 5.34. The highest BCUT2D eigenvalue weighted by Crippen LogP contribution is 2.60. The van der Waals surface area contributed by atoms with Crippen LogP contribution in [0.15, 0.2) is 24.3 Å². The van der Waals surface area contributed by atoms with Crippen molar-refractivity contribution in [1.29, 1.82) is 0 Å². The number of carbonyl (C=O) groups is 2. The number of nitrogens with zero attached hydrogens (tertiary/aromatic N) is 1. The largest absolute Gasteiger partial charge is 0.339 e. The van der Waals surface area contributed by atoms with Crippen molar-refractivity contribution in [3.8, 4) is 0 Å². The lowest BCUT2D eigenvalue weighted by atomic mass is 9.56. The van der Waals surface area contributed by atoms with E-state index in [4.69, 9.17) is 0 Å². The van der Waals surface area contributed by atoms with Crippen molar-refractivity contribution in [2.75, 3.05) is 24.2 Å². The lowest BCUT2D eigenvalue weighted by Crippen LogP contribution is -2.49. The van der Waals surface area contributed by atoms with Gasteiger partial charge in [-0.3, -0.25) is 9.59 Å². The quantitative estimate of drug-likeness (QED) is 0.715. The molecule has 4 aliphatic rings. The smallest absolute Gasteiger partial charge is 0.253 e. The Bertz CT molecular complexity index is 709. The normalized spacial score (nSPS) is 30.3. The van der Waals surface area contributed by atoms with E-state index in [2.05, 4.69) is 5.32 Å². The van der Waals surface area contributed by atoms with Gasteiger partial charge in [0.15, 0.2) is 0 Å². The molecule has 2 amide bonds. The maximum absolute atomic E-state index is 12.6. The summed E-state index contributed by atoms with van der Waals surface area (Å²) >= 11 is 1.90. The predicted octanol–water partition coefficient (Wildman–Crippen LogP) is 4.81. The van der Waals surface area contributed by atoms with Crippen LogP contribution in [-0.2, 0) is 4.79 Å². The highest BCUT2D eigenvalue weighted by molar-refractivity contribution is 8.01. The second-order valence-electron chi connectivity index (χ2n) is 9.00. The zero-order chi connectivity index (χ0) is 19.7. The second kappa shape index (κ2) is 8.10. The second-order valence-corrected chi connectivity index (χ2v) is 10.4. The molecular weight excluding hydrogens is 368 g/mol. The molecule has 0 radical (unpaired) electrons. The van der Waals surface area contributed by atoms with E-state index in [1.54, 1.807) is 11.0 Å². The third-order valence-electron chi connectivity index (χ3n) is 6.94. The van der Waals surface area contributed by atoms with Crippen LogP contribution in [0.1, 0.15) is 62.7 Å². The van der Waals surface area contributed by atoms with E-state index in [1.807, 2.05) is 43.8 Å². The van der Waals surface area contributed by atoms with Gasteiger partial charge >= 0.3 is 0 Å². The van der Waals surface area contributed by atoms with Crippen LogP contribution in [0.5, 0.6) is 0 Å². The third-order valence-corrected chi connectivity index (χ3v) is 8.45. The lowest BCUT2D eigenvalue weighted by Gasteiger charge is -2.56. The minimum absolute atomic E-state index is 0.0176. The highest BCUT2D eigenvalue weighted by Gasteiger charge is 2.51. The van der Waals surface area contributed by atoms with Gasteiger partial charge in [0.25, 0.3) is 5.91 Å². The Morgan fingerprint density at radius 3 is 2.25 bits per heavy atom. The highest BCUT2D eigenvalue weighted by atomic mass is 32.2. The van der Waals surface area contributed by atoms with E-state index in [0.29, 0.717) is 34.8 Å². The van der Waals surface area contributed by atoms with Gasteiger partial charge in [0.1, 0.15) is 0 Å². The number of carbonyl (C=O) groups excluding carboxylic acids is 2. The number of nitrogens with one attached hydrogen (secondary N) is 1. The molecule has 4 fully saturated rings. The van der Waals surface area contributed by atoms with Crippen LogP contribution in [0.3, 0.4) is 0 Å². The molecule has 0 spiro atoms. The summed E-state index contributed by atoms with van der Waals surface area (Å²) in [5, 5.41) is 3.01. The molecule has 4 aliphatic carbocycles. The molecule has 152 valence electrons. The lowest BCUT2D eigenvalue weighted by molar-refractivity contribution is -0.113. The number of anilines is 1. The minimum Gasteiger partial charge on any atom is -0.339 e. The molecule has 5 heteroatoms. The molecule has 4 saturated carbocycles. The summed E-state index contributed by atoms with van der Waals surface area (Å²) in [6, 6.07) is 7.33. The predicted molar refractivity (Wildman–Crippen MR) is 116 cm³/mol. The first kappa shape index (κ1) is 19.8. The molecule has 0 saturated heterocycles. The molecule has 1 N–H and O–H groups in total. The average molecular weight is 401 g/mol. The maximum atomic E-state index is 12.6. The number of amides is 2. The topological polar surface area (TPSA) is 49.4 Å². The summed E-state index contributed by atoms with van der Waals surface area (Å²) in [6.07, 6.45) is 8.22. The van der Waals surface area contributed by atoms with Crippen molar-refractivity contribution >= 4 is 29.3 Å². The van der Waals surface area contributed by atoms with Gasteiger partial charge in [-0.25, -0.2) is 0 Å². The van der Waals surface area contributed by atoms with Gasteiger partial charge in [-0.1, -0.05) is 6.07 Å². The van der Waals surface area contributed by atoms with E-state index in [9.17, 15) is 9.59 Å². The van der Waals surface area contributed by atoms with E-state index in [0.717, 1.165) is 17.8 Å². The third kappa shape index (κ3) is 4.10. The maximum Gasteiger partial charge on any atom is 0.253 e. The molecule has 28 heavy (non-hydrogen) atoms. The molecular formula is C23H32N2O2S. The first-order valence-electron chi connectivity index (χ1n) is 10.8. The number of benzene rings is 1. The fourth-order valence-corrected chi connectivity index (χ4v) is 7.62. The molecule has 0 aromatic heterocycles. The van der Waals surface area contributed by atoms with Gasteiger partial charge in [0.2, 0.25) is 5.91 Å². The summed E-state index contributed by atoms with van der Waals surface area (Å²) in [5.74, 6) is 3.30. The molecule has 4 nitrogen and oxygen atoms in total. The summed E-state index contributed by atoms with van der Waals surface area (Å²) in [7, 11) is 0. The molecule has 1 aromatic carbocycles. The van der Waals surface area contributed by atoms with Crippen molar-refractivity contribution in [1.82, 2.24) is 4.90 Å². The fourth-order valence-electron chi connectivity index (χ4n) is 6.05. The van der Waals surface area contributed by atoms with Gasteiger partial charge in [-0.15, -0.1) is 11.8 Å². The van der Waals surface area contributed by atoms with Gasteiger partial charge in [-0.05, 0) is 88.3 Å². The molecule has 0 aliphatic heterocycles.